The second-order valence-electron chi connectivity index (χ2n) is 8.40. The van der Waals surface area contributed by atoms with Crippen LogP contribution in [-0.4, -0.2) is 55.7 Å². The third-order valence-corrected chi connectivity index (χ3v) is 4.97. The Kier molecular flexibility index (Phi) is 18.4. The molecule has 0 spiro atoms. The second-order valence-corrected chi connectivity index (χ2v) is 8.40. The first kappa shape index (κ1) is 35.3. The van der Waals surface area contributed by atoms with Crippen molar-refractivity contribution in [2.75, 3.05) is 13.2 Å². The van der Waals surface area contributed by atoms with Crippen molar-refractivity contribution in [3.8, 4) is 11.5 Å². The molecule has 0 aromatic heterocycles. The summed E-state index contributed by atoms with van der Waals surface area (Å²) in [4.78, 5) is 30.0. The van der Waals surface area contributed by atoms with E-state index in [2.05, 4.69) is 6.58 Å². The van der Waals surface area contributed by atoms with Crippen molar-refractivity contribution < 1.29 is 59.6 Å². The molecule has 8 nitrogen and oxygen atoms in total. The number of phenolic OH excluding ortho intramolecular Hbond substituents is 1. The van der Waals surface area contributed by atoms with Crippen LogP contribution < -0.4 is 4.74 Å². The maximum Gasteiger partial charge on any atom is 0.350 e. The van der Waals surface area contributed by atoms with Crippen molar-refractivity contribution in [3.05, 3.63) is 96.0 Å². The maximum atomic E-state index is 10.8. The first-order chi connectivity index (χ1) is 18.1. The molecule has 0 amide bonds. The Hall–Kier alpha value is -3.67. The Morgan fingerprint density at radius 3 is 1.69 bits per heavy atom. The van der Waals surface area contributed by atoms with Gasteiger partial charge in [-0.1, -0.05) is 25.8 Å². The van der Waals surface area contributed by atoms with Crippen LogP contribution in [0.5, 0.6) is 11.5 Å². The van der Waals surface area contributed by atoms with E-state index in [0.717, 1.165) is 37.9 Å². The minimum atomic E-state index is -0.368. The number of aliphatic hydroxyl groups is 2. The van der Waals surface area contributed by atoms with Gasteiger partial charge in [-0.25, -0.2) is 4.79 Å². The quantitative estimate of drug-likeness (QED) is 0.0455. The number of phenols is 1. The molecule has 0 saturated heterocycles. The van der Waals surface area contributed by atoms with E-state index in [0.29, 0.717) is 24.3 Å². The molecule has 214 valence electrons. The number of aliphatic hydroxyl groups excluding tert-OH is 2. The topological polar surface area (TPSA) is 139 Å². The molecule has 0 unspecified atom stereocenters. The number of hydrogen-bond acceptors (Lipinski definition) is 6. The summed E-state index contributed by atoms with van der Waals surface area (Å²) in [6, 6.07) is 13.1. The number of esters is 1. The zero-order valence-electron chi connectivity index (χ0n) is 22.3. The Labute approximate surface area is 243 Å². The van der Waals surface area contributed by atoms with E-state index >= 15 is 0 Å². The molecule has 2 rings (SSSR count). The van der Waals surface area contributed by atoms with E-state index in [4.69, 9.17) is 24.8 Å². The van der Waals surface area contributed by atoms with E-state index in [9.17, 15) is 14.4 Å². The summed E-state index contributed by atoms with van der Waals surface area (Å²) >= 11 is 0. The number of benzene rings is 2. The molecule has 0 aliphatic heterocycles. The van der Waals surface area contributed by atoms with Crippen LogP contribution in [-0.2, 0) is 30.0 Å². The molecule has 0 aliphatic rings. The molecule has 39 heavy (non-hydrogen) atoms. The van der Waals surface area contributed by atoms with Gasteiger partial charge in [-0.2, -0.15) is 0 Å². The van der Waals surface area contributed by atoms with E-state index in [1.54, 1.807) is 36.4 Å². The maximum absolute atomic E-state index is 10.8. The van der Waals surface area contributed by atoms with Gasteiger partial charge in [0, 0.05) is 26.5 Å². The fourth-order valence-corrected chi connectivity index (χ4v) is 3.07. The predicted molar refractivity (Wildman–Crippen MR) is 149 cm³/mol. The van der Waals surface area contributed by atoms with Crippen LogP contribution in [0.25, 0.3) is 0 Å². The number of aromatic hydroxyl groups is 1. The minimum absolute atomic E-state index is 0. The number of carbonyl (C=O) groups excluding carboxylic acids is 3. The molecule has 0 heterocycles. The summed E-state index contributed by atoms with van der Waals surface area (Å²) in [5, 5.41) is 27.0. The smallest absolute Gasteiger partial charge is 0.350 e. The van der Waals surface area contributed by atoms with Gasteiger partial charge in [0.05, 0.1) is 48.0 Å². The molecule has 2 aromatic rings. The molecule has 9 heteroatoms. The van der Waals surface area contributed by atoms with Gasteiger partial charge in [-0.3, -0.25) is 9.59 Å². The first-order valence-corrected chi connectivity index (χ1v) is 12.3. The van der Waals surface area contributed by atoms with E-state index in [-0.39, 0.29) is 55.2 Å². The minimum Gasteiger partial charge on any atom is -0.512 e. The zero-order chi connectivity index (χ0) is 28.3. The fraction of sp³-hybridized carbons (Fsp3) is 0.300. The van der Waals surface area contributed by atoms with Crippen LogP contribution in [0.1, 0.15) is 57.1 Å². The molecule has 0 aliphatic carbocycles. The van der Waals surface area contributed by atoms with E-state index in [1.165, 1.54) is 44.2 Å². The van der Waals surface area contributed by atoms with Gasteiger partial charge >= 0.3 is 17.5 Å². The van der Waals surface area contributed by atoms with Crippen molar-refractivity contribution in [1.29, 1.82) is 0 Å². The van der Waals surface area contributed by atoms with Gasteiger partial charge in [0.25, 0.3) is 0 Å². The molecule has 0 fully saturated rings. The zero-order valence-corrected chi connectivity index (χ0v) is 23.8. The average Bonchev–Trinajstić information content (AvgIpc) is 2.87. The average molecular weight is 633 g/mol. The molecule has 0 atom stereocenters. The van der Waals surface area contributed by atoms with Crippen molar-refractivity contribution in [2.45, 2.75) is 46.0 Å². The van der Waals surface area contributed by atoms with E-state index in [1.807, 2.05) is 0 Å². The SMILES string of the molecule is C/C(O)=C/C(=[OH+])c1ccc(O)cc1.C=CC(=O)OCCCCCCCOc1ccc(C(=[OH+])/C=C(/C)O)cc1.[Pd]. The summed E-state index contributed by atoms with van der Waals surface area (Å²) in [6.07, 6.45) is 8.69. The Balaban J connectivity index is 0.000000869. The van der Waals surface area contributed by atoms with Crippen LogP contribution in [0.15, 0.2) is 84.9 Å². The summed E-state index contributed by atoms with van der Waals surface area (Å²) < 4.78 is 10.6. The molecule has 0 radical (unpaired) electrons. The molecule has 2 aromatic carbocycles. The number of allylic oxidation sites excluding steroid dienone is 4. The molecule has 0 saturated carbocycles. The van der Waals surface area contributed by atoms with Crippen LogP contribution in [0.4, 0.5) is 0 Å². The number of hydrogen-bond donors (Lipinski definition) is 3. The third-order valence-electron chi connectivity index (χ3n) is 4.97. The summed E-state index contributed by atoms with van der Waals surface area (Å²) in [6.45, 7) is 7.40. The van der Waals surface area contributed by atoms with Crippen molar-refractivity contribution in [3.63, 3.8) is 0 Å². The van der Waals surface area contributed by atoms with Gasteiger partial charge in [-0.15, -0.1) is 0 Å². The van der Waals surface area contributed by atoms with Crippen molar-refractivity contribution in [2.24, 2.45) is 0 Å². The number of rotatable bonds is 14. The van der Waals surface area contributed by atoms with Crippen molar-refractivity contribution >= 4 is 17.5 Å². The Bertz CT molecular complexity index is 1090. The summed E-state index contributed by atoms with van der Waals surface area (Å²) in [5.41, 5.74) is 1.17. The number of ketones is 2. The number of unbranched alkanes of at least 4 members (excludes halogenated alkanes) is 4. The monoisotopic (exact) mass is 632 g/mol. The molecular weight excluding hydrogens is 595 g/mol. The van der Waals surface area contributed by atoms with Crippen molar-refractivity contribution in [1.82, 2.24) is 0 Å². The summed E-state index contributed by atoms with van der Waals surface area (Å²) in [5.74, 6) is 0.597. The molecule has 0 bridgehead atoms. The first-order valence-electron chi connectivity index (χ1n) is 12.3. The van der Waals surface area contributed by atoms with Gasteiger partial charge in [-0.05, 0) is 75.2 Å². The van der Waals surface area contributed by atoms with Gasteiger partial charge in [0.1, 0.15) is 11.5 Å². The third kappa shape index (κ3) is 16.7. The van der Waals surface area contributed by atoms with Crippen LogP contribution in [0, 0.1) is 0 Å². The Morgan fingerprint density at radius 1 is 0.795 bits per heavy atom. The Morgan fingerprint density at radius 2 is 1.23 bits per heavy atom. The van der Waals surface area contributed by atoms with Crippen LogP contribution in [0.2, 0.25) is 0 Å². The molecular formula is C30H38O8Pd+2. The van der Waals surface area contributed by atoms with Gasteiger partial charge < -0.3 is 24.8 Å². The van der Waals surface area contributed by atoms with E-state index < -0.39 is 0 Å². The largest absolute Gasteiger partial charge is 0.512 e. The fourth-order valence-electron chi connectivity index (χ4n) is 3.07. The predicted octanol–water partition coefficient (Wildman–Crippen LogP) is 5.84. The van der Waals surface area contributed by atoms with Crippen LogP contribution >= 0.6 is 0 Å². The number of ether oxygens (including phenoxy) is 2. The standard InChI is InChI=1S/C20H26O5.C10H10O3.Pd/c1-3-20(23)25-14-8-6-4-5-7-13-24-18-11-9-17(10-12-18)19(22)15-16(2)21;1-7(11)6-10(13)8-2-4-9(12)5-3-8;/h3,9-12,15,21H,1,4-8,13-14H2,2H3;2-6,11-12H,1H3;/p+2/b16-15-;7-6-;. The molecule has 5 N–H and O–H groups in total. The van der Waals surface area contributed by atoms with Crippen LogP contribution in [0.3, 0.4) is 0 Å². The van der Waals surface area contributed by atoms with Gasteiger partial charge in [0.2, 0.25) is 0 Å². The van der Waals surface area contributed by atoms with Gasteiger partial charge in [0.15, 0.2) is 0 Å². The normalized spacial score (nSPS) is 10.8. The second kappa shape index (κ2) is 20.3. The summed E-state index contributed by atoms with van der Waals surface area (Å²) in [7, 11) is 0. The number of carbonyl (C=O) groups is 1.